The lowest BCUT2D eigenvalue weighted by Gasteiger charge is -2.10. The largest absolute Gasteiger partial charge is 0.398 e. The summed E-state index contributed by atoms with van der Waals surface area (Å²) in [7, 11) is 0. The van der Waals surface area contributed by atoms with Crippen molar-refractivity contribution in [3.63, 3.8) is 0 Å². The molecule has 1 aromatic heterocycles. The van der Waals surface area contributed by atoms with Crippen LogP contribution in [0, 0.1) is 0 Å². The van der Waals surface area contributed by atoms with Gasteiger partial charge in [0.2, 0.25) is 0 Å². The first kappa shape index (κ1) is 12.8. The Balaban J connectivity index is 1.90. The van der Waals surface area contributed by atoms with Gasteiger partial charge in [0.1, 0.15) is 0 Å². The van der Waals surface area contributed by atoms with Crippen molar-refractivity contribution in [1.82, 2.24) is 4.98 Å². The van der Waals surface area contributed by atoms with Gasteiger partial charge in [0.05, 0.1) is 11.2 Å². The number of aromatic nitrogens is 1. The fraction of sp³-hybridized carbons (Fsp3) is 0.0625. The van der Waals surface area contributed by atoms with Gasteiger partial charge in [-0.1, -0.05) is 23.7 Å². The minimum atomic E-state index is 0.691. The van der Waals surface area contributed by atoms with E-state index >= 15 is 0 Å². The molecule has 0 saturated heterocycles. The zero-order chi connectivity index (χ0) is 13.9. The molecule has 0 unspecified atom stereocenters. The standard InChI is InChI=1S/C16H14ClN3/c17-12-4-1-3-11(9-12)10-20-15-7-6-14(18)13-5-2-8-19-16(13)15/h1-9,20H,10,18H2. The van der Waals surface area contributed by atoms with E-state index < -0.39 is 0 Å². The lowest BCUT2D eigenvalue weighted by molar-refractivity contribution is 1.15. The average Bonchev–Trinajstić information content (AvgIpc) is 2.47. The number of halogens is 1. The van der Waals surface area contributed by atoms with Gasteiger partial charge >= 0.3 is 0 Å². The van der Waals surface area contributed by atoms with Crippen LogP contribution >= 0.6 is 11.6 Å². The molecule has 0 fully saturated rings. The predicted molar refractivity (Wildman–Crippen MR) is 84.9 cm³/mol. The Morgan fingerprint density at radius 1 is 1.10 bits per heavy atom. The maximum atomic E-state index is 5.99. The molecule has 0 atom stereocenters. The lowest BCUT2D eigenvalue weighted by atomic mass is 10.1. The molecular formula is C16H14ClN3. The van der Waals surface area contributed by atoms with Gasteiger partial charge in [-0.2, -0.15) is 0 Å². The van der Waals surface area contributed by atoms with Crippen LogP contribution in [0.3, 0.4) is 0 Å². The molecule has 0 radical (unpaired) electrons. The number of benzene rings is 2. The zero-order valence-electron chi connectivity index (χ0n) is 10.8. The van der Waals surface area contributed by atoms with Gasteiger partial charge in [0, 0.05) is 28.8 Å². The van der Waals surface area contributed by atoms with E-state index in [0.717, 1.165) is 32.9 Å². The Labute approximate surface area is 122 Å². The first-order chi connectivity index (χ1) is 9.74. The second kappa shape index (κ2) is 5.39. The second-order valence-electron chi connectivity index (χ2n) is 4.59. The third kappa shape index (κ3) is 2.53. The van der Waals surface area contributed by atoms with Crippen LogP contribution in [-0.2, 0) is 6.54 Å². The van der Waals surface area contributed by atoms with E-state index in [1.807, 2.05) is 48.5 Å². The average molecular weight is 284 g/mol. The number of anilines is 2. The summed E-state index contributed by atoms with van der Waals surface area (Å²) in [5, 5.41) is 5.08. The SMILES string of the molecule is Nc1ccc(NCc2cccc(Cl)c2)c2ncccc12. The summed E-state index contributed by atoms with van der Waals surface area (Å²) in [4.78, 5) is 4.40. The van der Waals surface area contributed by atoms with E-state index in [9.17, 15) is 0 Å². The van der Waals surface area contributed by atoms with E-state index in [4.69, 9.17) is 17.3 Å². The molecule has 0 bridgehead atoms. The van der Waals surface area contributed by atoms with Gasteiger partial charge in [0.15, 0.2) is 0 Å². The van der Waals surface area contributed by atoms with Crippen LogP contribution in [0.4, 0.5) is 11.4 Å². The molecule has 3 rings (SSSR count). The first-order valence-corrected chi connectivity index (χ1v) is 6.73. The quantitative estimate of drug-likeness (QED) is 0.712. The van der Waals surface area contributed by atoms with Crippen molar-refractivity contribution in [2.45, 2.75) is 6.54 Å². The van der Waals surface area contributed by atoms with Crippen LogP contribution in [0.1, 0.15) is 5.56 Å². The van der Waals surface area contributed by atoms with E-state index in [2.05, 4.69) is 10.3 Å². The summed E-state index contributed by atoms with van der Waals surface area (Å²) >= 11 is 5.99. The van der Waals surface area contributed by atoms with E-state index in [1.54, 1.807) is 6.20 Å². The normalized spacial score (nSPS) is 10.7. The number of nitrogens with one attached hydrogen (secondary N) is 1. The number of hydrogen-bond acceptors (Lipinski definition) is 3. The highest BCUT2D eigenvalue weighted by Gasteiger charge is 2.04. The third-order valence-corrected chi connectivity index (χ3v) is 3.41. The van der Waals surface area contributed by atoms with Crippen LogP contribution < -0.4 is 11.1 Å². The molecule has 3 N–H and O–H groups in total. The Hall–Kier alpha value is -2.26. The topological polar surface area (TPSA) is 50.9 Å². The minimum Gasteiger partial charge on any atom is -0.398 e. The molecule has 0 saturated carbocycles. The smallest absolute Gasteiger partial charge is 0.0953 e. The lowest BCUT2D eigenvalue weighted by Crippen LogP contribution is -2.01. The number of nitrogens with zero attached hydrogens (tertiary/aromatic N) is 1. The number of nitrogens with two attached hydrogens (primary N) is 1. The molecule has 20 heavy (non-hydrogen) atoms. The highest BCUT2D eigenvalue weighted by molar-refractivity contribution is 6.30. The molecule has 2 aromatic carbocycles. The van der Waals surface area contributed by atoms with Crippen molar-refractivity contribution in [2.24, 2.45) is 0 Å². The van der Waals surface area contributed by atoms with Crippen molar-refractivity contribution < 1.29 is 0 Å². The highest BCUT2D eigenvalue weighted by Crippen LogP contribution is 2.26. The van der Waals surface area contributed by atoms with Crippen LogP contribution in [0.2, 0.25) is 5.02 Å². The number of nitrogen functional groups attached to an aromatic ring is 1. The van der Waals surface area contributed by atoms with Crippen molar-refractivity contribution in [3.8, 4) is 0 Å². The maximum absolute atomic E-state index is 5.99. The molecule has 3 aromatic rings. The Bertz CT molecular complexity index is 756. The molecule has 0 aliphatic carbocycles. The predicted octanol–water partition coefficient (Wildman–Crippen LogP) is 4.08. The number of fused-ring (bicyclic) bond motifs is 1. The van der Waals surface area contributed by atoms with Gasteiger partial charge in [-0.3, -0.25) is 4.98 Å². The molecule has 0 aliphatic heterocycles. The van der Waals surface area contributed by atoms with Crippen LogP contribution in [-0.4, -0.2) is 4.98 Å². The van der Waals surface area contributed by atoms with E-state index in [0.29, 0.717) is 6.54 Å². The van der Waals surface area contributed by atoms with Crippen molar-refractivity contribution in [1.29, 1.82) is 0 Å². The summed E-state index contributed by atoms with van der Waals surface area (Å²) in [6, 6.07) is 15.5. The van der Waals surface area contributed by atoms with Gasteiger partial charge < -0.3 is 11.1 Å². The number of pyridine rings is 1. The summed E-state index contributed by atoms with van der Waals surface area (Å²) in [5.41, 5.74) is 9.68. The van der Waals surface area contributed by atoms with Crippen molar-refractivity contribution >= 4 is 33.9 Å². The van der Waals surface area contributed by atoms with E-state index in [-0.39, 0.29) is 0 Å². The molecule has 4 heteroatoms. The fourth-order valence-electron chi connectivity index (χ4n) is 2.18. The first-order valence-electron chi connectivity index (χ1n) is 6.35. The van der Waals surface area contributed by atoms with Gasteiger partial charge in [0.25, 0.3) is 0 Å². The second-order valence-corrected chi connectivity index (χ2v) is 5.02. The summed E-state index contributed by atoms with van der Waals surface area (Å²) in [5.74, 6) is 0. The highest BCUT2D eigenvalue weighted by atomic mass is 35.5. The molecule has 100 valence electrons. The minimum absolute atomic E-state index is 0.691. The molecule has 1 heterocycles. The Morgan fingerprint density at radius 2 is 2.00 bits per heavy atom. The summed E-state index contributed by atoms with van der Waals surface area (Å²) in [6.45, 7) is 0.691. The van der Waals surface area contributed by atoms with Crippen LogP contribution in [0.5, 0.6) is 0 Å². The molecule has 0 spiro atoms. The molecular weight excluding hydrogens is 270 g/mol. The summed E-state index contributed by atoms with van der Waals surface area (Å²) in [6.07, 6.45) is 1.77. The van der Waals surface area contributed by atoms with E-state index in [1.165, 1.54) is 0 Å². The van der Waals surface area contributed by atoms with Crippen molar-refractivity contribution in [3.05, 3.63) is 65.3 Å². The molecule has 3 nitrogen and oxygen atoms in total. The van der Waals surface area contributed by atoms with Crippen LogP contribution in [0.25, 0.3) is 10.9 Å². The number of rotatable bonds is 3. The summed E-state index contributed by atoms with van der Waals surface area (Å²) < 4.78 is 0. The fourth-order valence-corrected chi connectivity index (χ4v) is 2.39. The molecule has 0 aliphatic rings. The Kier molecular flexibility index (Phi) is 3.44. The van der Waals surface area contributed by atoms with Gasteiger partial charge in [-0.05, 0) is 42.0 Å². The number of hydrogen-bond donors (Lipinski definition) is 2. The van der Waals surface area contributed by atoms with Crippen molar-refractivity contribution in [2.75, 3.05) is 11.1 Å². The maximum Gasteiger partial charge on any atom is 0.0953 e. The zero-order valence-corrected chi connectivity index (χ0v) is 11.6. The third-order valence-electron chi connectivity index (χ3n) is 3.18. The van der Waals surface area contributed by atoms with Crippen LogP contribution in [0.15, 0.2) is 54.7 Å². The monoisotopic (exact) mass is 283 g/mol. The molecule has 0 amide bonds. The van der Waals surface area contributed by atoms with Gasteiger partial charge in [-0.25, -0.2) is 0 Å². The van der Waals surface area contributed by atoms with Gasteiger partial charge in [-0.15, -0.1) is 0 Å². The Morgan fingerprint density at radius 3 is 2.85 bits per heavy atom.